The van der Waals surface area contributed by atoms with Gasteiger partial charge in [0.05, 0.1) is 0 Å². The van der Waals surface area contributed by atoms with E-state index in [0.717, 1.165) is 63.0 Å². The molecule has 2 aliphatic heterocycles. The fourth-order valence-electron chi connectivity index (χ4n) is 4.30. The molecule has 0 aromatic carbocycles. The first-order chi connectivity index (χ1) is 13.7. The summed E-state index contributed by atoms with van der Waals surface area (Å²) < 4.78 is 0. The second kappa shape index (κ2) is 8.57. The lowest BCUT2D eigenvalue weighted by Crippen LogP contribution is -2.50. The number of aryl methyl sites for hydroxylation is 1. The van der Waals surface area contributed by atoms with Crippen molar-refractivity contribution in [2.75, 3.05) is 55.6 Å². The lowest BCUT2D eigenvalue weighted by molar-refractivity contribution is 0.205. The molecule has 2 aromatic heterocycles. The lowest BCUT2D eigenvalue weighted by atomic mass is 9.97. The molecule has 4 heterocycles. The van der Waals surface area contributed by atoms with Gasteiger partial charge < -0.3 is 9.80 Å². The lowest BCUT2D eigenvalue weighted by Gasteiger charge is -2.40. The van der Waals surface area contributed by atoms with Gasteiger partial charge in [0, 0.05) is 52.0 Å². The van der Waals surface area contributed by atoms with Crippen molar-refractivity contribution >= 4 is 11.6 Å². The van der Waals surface area contributed by atoms with Crippen LogP contribution in [-0.4, -0.2) is 60.7 Å². The molecule has 0 amide bonds. The Kier molecular flexibility index (Phi) is 5.73. The second-order valence-electron chi connectivity index (χ2n) is 7.88. The highest BCUT2D eigenvalue weighted by Gasteiger charge is 2.25. The zero-order chi connectivity index (χ0) is 19.3. The largest absolute Gasteiger partial charge is 0.356 e. The van der Waals surface area contributed by atoms with E-state index < -0.39 is 0 Å². The monoisotopic (exact) mass is 376 g/mol. The first-order valence-electron chi connectivity index (χ1n) is 10.2. The van der Waals surface area contributed by atoms with Gasteiger partial charge in [-0.15, -0.1) is 0 Å². The van der Waals surface area contributed by atoms with Crippen LogP contribution >= 0.6 is 0 Å². The number of hydrogen-bond acceptors (Lipinski definition) is 6. The molecule has 0 radical (unpaired) electrons. The third-order valence-electron chi connectivity index (χ3n) is 5.89. The van der Waals surface area contributed by atoms with Crippen molar-refractivity contribution in [2.24, 2.45) is 5.92 Å². The van der Waals surface area contributed by atoms with Gasteiger partial charge in [-0.2, -0.15) is 5.26 Å². The van der Waals surface area contributed by atoms with Crippen LogP contribution in [0.1, 0.15) is 24.1 Å². The molecule has 2 saturated heterocycles. The molecule has 2 fully saturated rings. The Bertz CT molecular complexity index is 823. The minimum absolute atomic E-state index is 0.547. The van der Waals surface area contributed by atoms with E-state index in [1.807, 2.05) is 25.3 Å². The Morgan fingerprint density at radius 1 is 1.04 bits per heavy atom. The van der Waals surface area contributed by atoms with Crippen LogP contribution < -0.4 is 9.80 Å². The van der Waals surface area contributed by atoms with Crippen LogP contribution in [0.2, 0.25) is 0 Å². The first kappa shape index (κ1) is 18.7. The van der Waals surface area contributed by atoms with Crippen LogP contribution in [0.25, 0.3) is 0 Å². The SMILES string of the molecule is Cc1ccc(N2CCCC(CN3CCN(c4ccccn4)CC3)C2)nc1C#N. The van der Waals surface area contributed by atoms with Crippen LogP contribution in [0.4, 0.5) is 11.6 Å². The van der Waals surface area contributed by atoms with Crippen LogP contribution in [0.5, 0.6) is 0 Å². The summed E-state index contributed by atoms with van der Waals surface area (Å²) in [5, 5.41) is 9.27. The molecule has 0 spiro atoms. The van der Waals surface area contributed by atoms with Crippen LogP contribution in [0, 0.1) is 24.2 Å². The quantitative estimate of drug-likeness (QED) is 0.818. The van der Waals surface area contributed by atoms with E-state index in [2.05, 4.69) is 48.9 Å². The fourth-order valence-corrected chi connectivity index (χ4v) is 4.30. The molecule has 0 bridgehead atoms. The second-order valence-corrected chi connectivity index (χ2v) is 7.88. The number of rotatable bonds is 4. The molecule has 4 rings (SSSR count). The number of piperidine rings is 1. The van der Waals surface area contributed by atoms with E-state index in [9.17, 15) is 5.26 Å². The molecule has 2 aromatic rings. The van der Waals surface area contributed by atoms with Crippen molar-refractivity contribution in [1.82, 2.24) is 14.9 Å². The maximum Gasteiger partial charge on any atom is 0.145 e. The molecular formula is C22H28N6. The number of pyridine rings is 2. The Balaban J connectivity index is 1.32. The smallest absolute Gasteiger partial charge is 0.145 e. The van der Waals surface area contributed by atoms with Crippen LogP contribution in [-0.2, 0) is 0 Å². The molecule has 0 N–H and O–H groups in total. The van der Waals surface area contributed by atoms with Gasteiger partial charge in [0.15, 0.2) is 0 Å². The molecule has 1 atom stereocenters. The van der Waals surface area contributed by atoms with E-state index in [-0.39, 0.29) is 0 Å². The van der Waals surface area contributed by atoms with Gasteiger partial charge in [0.2, 0.25) is 0 Å². The van der Waals surface area contributed by atoms with Crippen molar-refractivity contribution in [3.8, 4) is 6.07 Å². The predicted octanol–water partition coefficient (Wildman–Crippen LogP) is 2.70. The number of nitriles is 1. The van der Waals surface area contributed by atoms with Crippen LogP contribution in [0.15, 0.2) is 36.5 Å². The van der Waals surface area contributed by atoms with E-state index in [0.29, 0.717) is 11.6 Å². The van der Waals surface area contributed by atoms with E-state index >= 15 is 0 Å². The molecular weight excluding hydrogens is 348 g/mol. The Labute approximate surface area is 167 Å². The van der Waals surface area contributed by atoms with Crippen LogP contribution in [0.3, 0.4) is 0 Å². The summed E-state index contributed by atoms with van der Waals surface area (Å²) >= 11 is 0. The highest BCUT2D eigenvalue weighted by molar-refractivity contribution is 5.45. The molecule has 1 unspecified atom stereocenters. The summed E-state index contributed by atoms with van der Waals surface area (Å²) in [6, 6.07) is 12.4. The zero-order valence-corrected chi connectivity index (χ0v) is 16.6. The standard InChI is InChI=1S/C22H28N6/c1-18-7-8-22(25-20(18)15-23)28-10-4-5-19(17-28)16-26-11-13-27(14-12-26)21-6-2-3-9-24-21/h2-3,6-9,19H,4-5,10-14,16-17H2,1H3. The van der Waals surface area contributed by atoms with Crippen molar-refractivity contribution in [1.29, 1.82) is 5.26 Å². The van der Waals surface area contributed by atoms with Gasteiger partial charge in [-0.25, -0.2) is 9.97 Å². The van der Waals surface area contributed by atoms with Crippen molar-refractivity contribution < 1.29 is 0 Å². The summed E-state index contributed by atoms with van der Waals surface area (Å²) in [7, 11) is 0. The number of hydrogen-bond donors (Lipinski definition) is 0. The summed E-state index contributed by atoms with van der Waals surface area (Å²) in [5.74, 6) is 2.69. The fraction of sp³-hybridized carbons (Fsp3) is 0.500. The van der Waals surface area contributed by atoms with Crippen molar-refractivity contribution in [2.45, 2.75) is 19.8 Å². The number of nitrogens with zero attached hydrogens (tertiary/aromatic N) is 6. The van der Waals surface area contributed by atoms with Gasteiger partial charge in [0.1, 0.15) is 23.4 Å². The topological polar surface area (TPSA) is 59.3 Å². The average Bonchev–Trinajstić information content (AvgIpc) is 2.75. The van der Waals surface area contributed by atoms with Gasteiger partial charge in [-0.05, 0) is 49.4 Å². The maximum absolute atomic E-state index is 9.27. The van der Waals surface area contributed by atoms with E-state index in [1.54, 1.807) is 0 Å². The molecule has 6 nitrogen and oxygen atoms in total. The Hall–Kier alpha value is -2.65. The summed E-state index contributed by atoms with van der Waals surface area (Å²) in [5.41, 5.74) is 1.50. The van der Waals surface area contributed by atoms with Crippen molar-refractivity contribution in [3.05, 3.63) is 47.8 Å². The number of piperazine rings is 1. The highest BCUT2D eigenvalue weighted by Crippen LogP contribution is 2.24. The first-order valence-corrected chi connectivity index (χ1v) is 10.2. The van der Waals surface area contributed by atoms with E-state index in [4.69, 9.17) is 0 Å². The van der Waals surface area contributed by atoms with Crippen molar-refractivity contribution in [3.63, 3.8) is 0 Å². The summed E-state index contributed by atoms with van der Waals surface area (Å²) in [6.45, 7) is 9.41. The Morgan fingerprint density at radius 3 is 2.64 bits per heavy atom. The normalized spacial score (nSPS) is 20.8. The van der Waals surface area contributed by atoms with Gasteiger partial charge >= 0.3 is 0 Å². The molecule has 0 aliphatic carbocycles. The predicted molar refractivity (Wildman–Crippen MR) is 112 cm³/mol. The molecule has 28 heavy (non-hydrogen) atoms. The molecule has 146 valence electrons. The summed E-state index contributed by atoms with van der Waals surface area (Å²) in [4.78, 5) is 16.4. The average molecular weight is 377 g/mol. The molecule has 0 saturated carbocycles. The zero-order valence-electron chi connectivity index (χ0n) is 16.6. The maximum atomic E-state index is 9.27. The number of aromatic nitrogens is 2. The minimum Gasteiger partial charge on any atom is -0.356 e. The number of anilines is 2. The minimum atomic E-state index is 0.547. The highest BCUT2D eigenvalue weighted by atomic mass is 15.3. The molecule has 6 heteroatoms. The van der Waals surface area contributed by atoms with Gasteiger partial charge in [-0.1, -0.05) is 12.1 Å². The van der Waals surface area contributed by atoms with E-state index in [1.165, 1.54) is 12.8 Å². The van der Waals surface area contributed by atoms with Gasteiger partial charge in [-0.3, -0.25) is 4.90 Å². The summed E-state index contributed by atoms with van der Waals surface area (Å²) in [6.07, 6.45) is 4.33. The Morgan fingerprint density at radius 2 is 1.89 bits per heavy atom. The third kappa shape index (κ3) is 4.26. The van der Waals surface area contributed by atoms with Gasteiger partial charge in [0.25, 0.3) is 0 Å². The third-order valence-corrected chi connectivity index (χ3v) is 5.89. The molecule has 2 aliphatic rings.